The van der Waals surface area contributed by atoms with E-state index in [1.807, 2.05) is 23.1 Å². The monoisotopic (exact) mass is 344 g/mol. The zero-order valence-electron chi connectivity index (χ0n) is 15.0. The van der Waals surface area contributed by atoms with Crippen LogP contribution in [0.25, 0.3) is 0 Å². The van der Waals surface area contributed by atoms with Gasteiger partial charge in [0.05, 0.1) is 19.1 Å². The van der Waals surface area contributed by atoms with E-state index in [1.54, 1.807) is 0 Å². The highest BCUT2D eigenvalue weighted by atomic mass is 16.5. The van der Waals surface area contributed by atoms with E-state index in [9.17, 15) is 4.79 Å². The van der Waals surface area contributed by atoms with Gasteiger partial charge in [-0.15, -0.1) is 0 Å². The summed E-state index contributed by atoms with van der Waals surface area (Å²) < 4.78 is 11.5. The molecule has 0 radical (unpaired) electrons. The molecule has 25 heavy (non-hydrogen) atoms. The van der Waals surface area contributed by atoms with E-state index >= 15 is 0 Å². The highest BCUT2D eigenvalue weighted by Crippen LogP contribution is 2.32. The molecule has 1 atom stereocenters. The maximum atomic E-state index is 12.9. The molecule has 5 heteroatoms. The van der Waals surface area contributed by atoms with Gasteiger partial charge in [0.1, 0.15) is 5.60 Å². The van der Waals surface area contributed by atoms with Crippen LogP contribution in [0.4, 0.5) is 0 Å². The van der Waals surface area contributed by atoms with Crippen LogP contribution in [0.2, 0.25) is 0 Å². The van der Waals surface area contributed by atoms with Crippen molar-refractivity contribution in [3.8, 4) is 0 Å². The number of carbonyl (C=O) groups is 1. The summed E-state index contributed by atoms with van der Waals surface area (Å²) in [4.78, 5) is 17.4. The van der Waals surface area contributed by atoms with Gasteiger partial charge < -0.3 is 14.4 Å². The Hall–Kier alpha value is -1.43. The second kappa shape index (κ2) is 7.06. The first-order chi connectivity index (χ1) is 12.2. The molecule has 136 valence electrons. The number of likely N-dealkylation sites (tertiary alicyclic amines) is 1. The summed E-state index contributed by atoms with van der Waals surface area (Å²) in [6, 6.07) is 10.9. The van der Waals surface area contributed by atoms with Crippen LogP contribution in [0.5, 0.6) is 0 Å². The van der Waals surface area contributed by atoms with Gasteiger partial charge in [-0.1, -0.05) is 30.3 Å². The van der Waals surface area contributed by atoms with Crippen LogP contribution >= 0.6 is 0 Å². The Morgan fingerprint density at radius 3 is 2.56 bits per heavy atom. The van der Waals surface area contributed by atoms with Crippen molar-refractivity contribution in [3.05, 3.63) is 35.9 Å². The lowest BCUT2D eigenvalue weighted by molar-refractivity contribution is -0.160. The average molecular weight is 344 g/mol. The van der Waals surface area contributed by atoms with Crippen LogP contribution in [0.3, 0.4) is 0 Å². The van der Waals surface area contributed by atoms with Crippen LogP contribution in [-0.2, 0) is 19.9 Å². The van der Waals surface area contributed by atoms with E-state index in [4.69, 9.17) is 9.47 Å². The summed E-state index contributed by atoms with van der Waals surface area (Å²) in [5.74, 6) is 0.453. The zero-order valence-corrected chi connectivity index (χ0v) is 15.0. The average Bonchev–Trinajstić information content (AvgIpc) is 2.62. The summed E-state index contributed by atoms with van der Waals surface area (Å²) in [6.07, 6.45) is 2.20. The Labute approximate surface area is 149 Å². The van der Waals surface area contributed by atoms with Crippen LogP contribution in [-0.4, -0.2) is 67.7 Å². The Balaban J connectivity index is 1.35. The maximum absolute atomic E-state index is 12.9. The van der Waals surface area contributed by atoms with Crippen molar-refractivity contribution >= 4 is 5.91 Å². The number of morpholine rings is 1. The molecule has 0 aliphatic carbocycles. The third-order valence-electron chi connectivity index (χ3n) is 5.94. The first-order valence-electron chi connectivity index (χ1n) is 9.46. The Morgan fingerprint density at radius 2 is 1.84 bits per heavy atom. The first-order valence-corrected chi connectivity index (χ1v) is 9.46. The fraction of sp³-hybridized carbons (Fsp3) is 0.650. The molecule has 3 aliphatic rings. The quantitative estimate of drug-likeness (QED) is 0.840. The summed E-state index contributed by atoms with van der Waals surface area (Å²) in [5.41, 5.74) is 0.740. The van der Waals surface area contributed by atoms with Gasteiger partial charge in [0.2, 0.25) is 5.91 Å². The van der Waals surface area contributed by atoms with E-state index in [1.165, 1.54) is 0 Å². The van der Waals surface area contributed by atoms with Gasteiger partial charge in [-0.2, -0.15) is 0 Å². The molecule has 3 fully saturated rings. The van der Waals surface area contributed by atoms with Gasteiger partial charge in [-0.05, 0) is 25.3 Å². The summed E-state index contributed by atoms with van der Waals surface area (Å²) in [5, 5.41) is 0. The number of hydrogen-bond acceptors (Lipinski definition) is 4. The molecule has 1 unspecified atom stereocenters. The molecule has 0 spiro atoms. The number of amides is 1. The molecule has 3 heterocycles. The number of nitrogens with zero attached hydrogens (tertiary/aromatic N) is 2. The predicted molar refractivity (Wildman–Crippen MR) is 95.2 cm³/mol. The van der Waals surface area contributed by atoms with Gasteiger partial charge >= 0.3 is 0 Å². The first kappa shape index (κ1) is 17.0. The van der Waals surface area contributed by atoms with Gasteiger partial charge in [0, 0.05) is 38.9 Å². The molecular formula is C20H28N2O3. The fourth-order valence-corrected chi connectivity index (χ4v) is 4.30. The largest absolute Gasteiger partial charge is 0.381 e. The van der Waals surface area contributed by atoms with E-state index in [0.29, 0.717) is 31.6 Å². The van der Waals surface area contributed by atoms with Gasteiger partial charge in [-0.25, -0.2) is 0 Å². The fourth-order valence-electron chi connectivity index (χ4n) is 4.30. The lowest BCUT2D eigenvalue weighted by Crippen LogP contribution is -2.61. The highest BCUT2D eigenvalue weighted by molar-refractivity contribution is 5.80. The Morgan fingerprint density at radius 1 is 1.12 bits per heavy atom. The molecule has 0 N–H and O–H groups in total. The minimum atomic E-state index is -0.403. The standard InChI is InChI=1S/C20H28N2O3/c1-20(17-5-3-2-4-6-17)15-21(9-12-25-20)19(23)16-13-22(14-16)18-7-10-24-11-8-18/h2-6,16,18H,7-15H2,1H3. The molecule has 0 bridgehead atoms. The molecule has 1 amide bonds. The van der Waals surface area contributed by atoms with E-state index in [-0.39, 0.29) is 5.92 Å². The number of hydrogen-bond donors (Lipinski definition) is 0. The number of ether oxygens (including phenoxy) is 2. The van der Waals surface area contributed by atoms with Gasteiger partial charge in [-0.3, -0.25) is 9.69 Å². The topological polar surface area (TPSA) is 42.0 Å². The van der Waals surface area contributed by atoms with Gasteiger partial charge in [0.15, 0.2) is 0 Å². The third-order valence-corrected chi connectivity index (χ3v) is 5.94. The maximum Gasteiger partial charge on any atom is 0.228 e. The number of carbonyl (C=O) groups excluding carboxylic acids is 1. The second-order valence-electron chi connectivity index (χ2n) is 7.70. The number of rotatable bonds is 3. The second-order valence-corrected chi connectivity index (χ2v) is 7.70. The van der Waals surface area contributed by atoms with Crippen LogP contribution in [0.15, 0.2) is 30.3 Å². The highest BCUT2D eigenvalue weighted by Gasteiger charge is 2.42. The normalized spacial score (nSPS) is 29.4. The molecule has 3 saturated heterocycles. The zero-order chi connectivity index (χ0) is 17.3. The summed E-state index contributed by atoms with van der Waals surface area (Å²) >= 11 is 0. The van der Waals surface area contributed by atoms with Crippen molar-refractivity contribution in [2.24, 2.45) is 5.92 Å². The van der Waals surface area contributed by atoms with E-state index in [0.717, 1.165) is 44.7 Å². The van der Waals surface area contributed by atoms with Gasteiger partial charge in [0.25, 0.3) is 0 Å². The summed E-state index contributed by atoms with van der Waals surface area (Å²) in [6.45, 7) is 7.58. The third kappa shape index (κ3) is 3.46. The van der Waals surface area contributed by atoms with E-state index < -0.39 is 5.60 Å². The van der Waals surface area contributed by atoms with Crippen LogP contribution in [0, 0.1) is 5.92 Å². The minimum absolute atomic E-state index is 0.154. The van der Waals surface area contributed by atoms with Crippen molar-refractivity contribution in [3.63, 3.8) is 0 Å². The molecule has 1 aromatic rings. The summed E-state index contributed by atoms with van der Waals surface area (Å²) in [7, 11) is 0. The lowest BCUT2D eigenvalue weighted by Gasteiger charge is -2.48. The Bertz CT molecular complexity index is 596. The number of benzene rings is 1. The minimum Gasteiger partial charge on any atom is -0.381 e. The van der Waals surface area contributed by atoms with Crippen molar-refractivity contribution in [1.29, 1.82) is 0 Å². The van der Waals surface area contributed by atoms with Crippen LogP contribution < -0.4 is 0 Å². The van der Waals surface area contributed by atoms with Crippen molar-refractivity contribution in [2.75, 3.05) is 46.0 Å². The molecule has 0 saturated carbocycles. The molecular weight excluding hydrogens is 316 g/mol. The van der Waals surface area contributed by atoms with Crippen molar-refractivity contribution in [1.82, 2.24) is 9.80 Å². The van der Waals surface area contributed by atoms with E-state index in [2.05, 4.69) is 24.0 Å². The Kier molecular flexibility index (Phi) is 4.80. The molecule has 3 aliphatic heterocycles. The smallest absolute Gasteiger partial charge is 0.228 e. The molecule has 5 nitrogen and oxygen atoms in total. The lowest BCUT2D eigenvalue weighted by atomic mass is 9.90. The molecule has 1 aromatic carbocycles. The molecule has 0 aromatic heterocycles. The van der Waals surface area contributed by atoms with Crippen molar-refractivity contribution in [2.45, 2.75) is 31.4 Å². The molecule has 4 rings (SSSR count). The predicted octanol–water partition coefficient (Wildman–Crippen LogP) is 1.87. The van der Waals surface area contributed by atoms with Crippen molar-refractivity contribution < 1.29 is 14.3 Å². The SMILES string of the molecule is CC1(c2ccccc2)CN(C(=O)C2CN(C3CCOCC3)C2)CCO1. The van der Waals surface area contributed by atoms with Crippen LogP contribution in [0.1, 0.15) is 25.3 Å².